The van der Waals surface area contributed by atoms with Crippen LogP contribution in [0.4, 0.5) is 11.8 Å². The SMILES string of the molecule is CCCOc1ccc(-c2ccc(C)nc2N2CCC(c3nnc(N)n3C)CC2)cc1. The standard InChI is InChI=1S/C23H30N6O/c1-4-15-30-19-8-6-17(7-9-19)20-10-5-16(2)25-22(20)29-13-11-18(12-14-29)21-26-27-23(24)28(21)3/h5-10,18H,4,11-15H2,1-3H3,(H2,24,27). The van der Waals surface area contributed by atoms with E-state index in [2.05, 4.69) is 46.3 Å². The zero-order chi connectivity index (χ0) is 21.1. The maximum Gasteiger partial charge on any atom is 0.221 e. The van der Waals surface area contributed by atoms with Crippen LogP contribution in [0.1, 0.15) is 43.6 Å². The molecule has 0 radical (unpaired) electrons. The molecule has 0 bridgehead atoms. The van der Waals surface area contributed by atoms with E-state index in [0.29, 0.717) is 11.9 Å². The van der Waals surface area contributed by atoms with Crippen molar-refractivity contribution in [3.05, 3.63) is 47.9 Å². The number of benzene rings is 1. The molecule has 2 aromatic heterocycles. The van der Waals surface area contributed by atoms with Crippen LogP contribution in [0.5, 0.6) is 5.75 Å². The predicted octanol–water partition coefficient (Wildman–Crippen LogP) is 3.94. The second kappa shape index (κ2) is 8.73. The number of rotatable bonds is 6. The number of pyridine rings is 1. The van der Waals surface area contributed by atoms with E-state index in [9.17, 15) is 0 Å². The third-order valence-electron chi connectivity index (χ3n) is 5.75. The minimum Gasteiger partial charge on any atom is -0.494 e. The predicted molar refractivity (Wildman–Crippen MR) is 120 cm³/mol. The van der Waals surface area contributed by atoms with Crippen LogP contribution in [0.2, 0.25) is 0 Å². The molecule has 1 aliphatic rings. The summed E-state index contributed by atoms with van der Waals surface area (Å²) in [5, 5.41) is 8.30. The quantitative estimate of drug-likeness (QED) is 0.668. The zero-order valence-corrected chi connectivity index (χ0v) is 18.0. The highest BCUT2D eigenvalue weighted by molar-refractivity contribution is 5.76. The van der Waals surface area contributed by atoms with Crippen molar-refractivity contribution in [2.75, 3.05) is 30.3 Å². The minimum atomic E-state index is 0.374. The average Bonchev–Trinajstić information content (AvgIpc) is 3.11. The smallest absolute Gasteiger partial charge is 0.221 e. The first-order valence-electron chi connectivity index (χ1n) is 10.7. The molecule has 0 unspecified atom stereocenters. The van der Waals surface area contributed by atoms with Gasteiger partial charge in [0.1, 0.15) is 17.4 Å². The van der Waals surface area contributed by atoms with Crippen LogP contribution in [0, 0.1) is 6.92 Å². The lowest BCUT2D eigenvalue weighted by atomic mass is 9.95. The number of piperidine rings is 1. The monoisotopic (exact) mass is 406 g/mol. The van der Waals surface area contributed by atoms with Gasteiger partial charge in [-0.1, -0.05) is 19.1 Å². The summed E-state index contributed by atoms with van der Waals surface area (Å²) in [4.78, 5) is 7.30. The molecule has 2 N–H and O–H groups in total. The van der Waals surface area contributed by atoms with Gasteiger partial charge in [-0.25, -0.2) is 4.98 Å². The summed E-state index contributed by atoms with van der Waals surface area (Å²) in [6, 6.07) is 12.6. The Morgan fingerprint density at radius 1 is 1.07 bits per heavy atom. The Kier molecular flexibility index (Phi) is 5.88. The first-order valence-corrected chi connectivity index (χ1v) is 10.7. The summed E-state index contributed by atoms with van der Waals surface area (Å²) in [6.07, 6.45) is 3.01. The largest absolute Gasteiger partial charge is 0.494 e. The van der Waals surface area contributed by atoms with Gasteiger partial charge in [-0.2, -0.15) is 0 Å². The summed E-state index contributed by atoms with van der Waals surface area (Å²) in [7, 11) is 1.94. The van der Waals surface area contributed by atoms with Gasteiger partial charge >= 0.3 is 0 Å². The summed E-state index contributed by atoms with van der Waals surface area (Å²) in [5.74, 6) is 3.78. The molecular formula is C23H30N6O. The van der Waals surface area contributed by atoms with E-state index in [0.717, 1.165) is 73.2 Å². The number of hydrogen-bond donors (Lipinski definition) is 1. The van der Waals surface area contributed by atoms with E-state index in [1.165, 1.54) is 0 Å². The Morgan fingerprint density at radius 2 is 1.80 bits per heavy atom. The average molecular weight is 407 g/mol. The van der Waals surface area contributed by atoms with Crippen molar-refractivity contribution in [1.82, 2.24) is 19.7 Å². The Bertz CT molecular complexity index is 989. The van der Waals surface area contributed by atoms with Crippen LogP contribution >= 0.6 is 0 Å². The first kappa shape index (κ1) is 20.2. The Morgan fingerprint density at radius 3 is 2.43 bits per heavy atom. The number of nitrogen functional groups attached to an aromatic ring is 1. The molecule has 0 aliphatic carbocycles. The zero-order valence-electron chi connectivity index (χ0n) is 18.0. The molecule has 30 heavy (non-hydrogen) atoms. The normalized spacial score (nSPS) is 14.8. The van der Waals surface area contributed by atoms with Gasteiger partial charge in [0.05, 0.1) is 6.61 Å². The molecule has 1 aromatic carbocycles. The summed E-state index contributed by atoms with van der Waals surface area (Å²) < 4.78 is 7.63. The molecular weight excluding hydrogens is 376 g/mol. The number of nitrogens with zero attached hydrogens (tertiary/aromatic N) is 5. The molecule has 4 rings (SSSR count). The molecule has 1 saturated heterocycles. The van der Waals surface area contributed by atoms with Gasteiger partial charge in [-0.15, -0.1) is 10.2 Å². The molecule has 1 fully saturated rings. The second-order valence-electron chi connectivity index (χ2n) is 7.93. The number of hydrogen-bond acceptors (Lipinski definition) is 6. The van der Waals surface area contributed by atoms with Gasteiger partial charge in [0.2, 0.25) is 5.95 Å². The van der Waals surface area contributed by atoms with Gasteiger partial charge in [0.15, 0.2) is 0 Å². The lowest BCUT2D eigenvalue weighted by Crippen LogP contribution is -2.34. The molecule has 1 aliphatic heterocycles. The second-order valence-corrected chi connectivity index (χ2v) is 7.93. The van der Waals surface area contributed by atoms with E-state index in [4.69, 9.17) is 15.5 Å². The molecule has 158 valence electrons. The van der Waals surface area contributed by atoms with Crippen molar-refractivity contribution in [2.45, 2.75) is 39.0 Å². The van der Waals surface area contributed by atoms with E-state index >= 15 is 0 Å². The summed E-state index contributed by atoms with van der Waals surface area (Å²) in [5.41, 5.74) is 9.21. The van der Waals surface area contributed by atoms with Crippen molar-refractivity contribution in [1.29, 1.82) is 0 Å². The highest BCUT2D eigenvalue weighted by Crippen LogP contribution is 2.35. The van der Waals surface area contributed by atoms with Crippen molar-refractivity contribution in [3.8, 4) is 16.9 Å². The van der Waals surface area contributed by atoms with Crippen molar-refractivity contribution < 1.29 is 4.74 Å². The van der Waals surface area contributed by atoms with E-state index in [-0.39, 0.29) is 0 Å². The lowest BCUT2D eigenvalue weighted by Gasteiger charge is -2.33. The molecule has 7 heteroatoms. The van der Waals surface area contributed by atoms with E-state index in [1.54, 1.807) is 0 Å². The summed E-state index contributed by atoms with van der Waals surface area (Å²) >= 11 is 0. The van der Waals surface area contributed by atoms with Crippen LogP contribution in [0.25, 0.3) is 11.1 Å². The highest BCUT2D eigenvalue weighted by Gasteiger charge is 2.26. The Labute approximate surface area is 177 Å². The third kappa shape index (κ3) is 4.10. The molecule has 7 nitrogen and oxygen atoms in total. The fraction of sp³-hybridized carbons (Fsp3) is 0.435. The van der Waals surface area contributed by atoms with Gasteiger partial charge in [-0.05, 0) is 56.0 Å². The topological polar surface area (TPSA) is 82.1 Å². The minimum absolute atomic E-state index is 0.374. The van der Waals surface area contributed by atoms with Crippen molar-refractivity contribution in [2.24, 2.45) is 7.05 Å². The van der Waals surface area contributed by atoms with Gasteiger partial charge < -0.3 is 19.9 Å². The molecule has 0 spiro atoms. The molecule has 3 heterocycles. The number of aromatic nitrogens is 4. The summed E-state index contributed by atoms with van der Waals surface area (Å²) in [6.45, 7) is 6.76. The lowest BCUT2D eigenvalue weighted by molar-refractivity contribution is 0.317. The fourth-order valence-corrected chi connectivity index (χ4v) is 4.02. The third-order valence-corrected chi connectivity index (χ3v) is 5.75. The number of anilines is 2. The van der Waals surface area contributed by atoms with E-state index in [1.807, 2.05) is 30.7 Å². The molecule has 3 aromatic rings. The van der Waals surface area contributed by atoms with Crippen LogP contribution in [-0.4, -0.2) is 39.4 Å². The highest BCUT2D eigenvalue weighted by atomic mass is 16.5. The Balaban J connectivity index is 1.53. The van der Waals surface area contributed by atoms with E-state index < -0.39 is 0 Å². The van der Waals surface area contributed by atoms with Crippen LogP contribution in [-0.2, 0) is 7.05 Å². The van der Waals surface area contributed by atoms with Crippen LogP contribution in [0.15, 0.2) is 36.4 Å². The maximum absolute atomic E-state index is 5.86. The number of aryl methyl sites for hydroxylation is 1. The molecule has 0 saturated carbocycles. The maximum atomic E-state index is 5.86. The number of ether oxygens (including phenoxy) is 1. The fourth-order valence-electron chi connectivity index (χ4n) is 4.02. The van der Waals surface area contributed by atoms with Crippen LogP contribution in [0.3, 0.4) is 0 Å². The van der Waals surface area contributed by atoms with Crippen molar-refractivity contribution >= 4 is 11.8 Å². The van der Waals surface area contributed by atoms with Crippen LogP contribution < -0.4 is 15.4 Å². The van der Waals surface area contributed by atoms with Gasteiger partial charge in [0, 0.05) is 37.3 Å². The number of nitrogens with two attached hydrogens (primary N) is 1. The van der Waals surface area contributed by atoms with Gasteiger partial charge in [0.25, 0.3) is 0 Å². The van der Waals surface area contributed by atoms with Crippen molar-refractivity contribution in [3.63, 3.8) is 0 Å². The molecule has 0 atom stereocenters. The van der Waals surface area contributed by atoms with Gasteiger partial charge in [-0.3, -0.25) is 0 Å². The molecule has 0 amide bonds. The Hall–Kier alpha value is -3.09. The first-order chi connectivity index (χ1) is 14.6.